The summed E-state index contributed by atoms with van der Waals surface area (Å²) in [6.45, 7) is 0.130. The van der Waals surface area contributed by atoms with E-state index in [1.54, 1.807) is 0 Å². The van der Waals surface area contributed by atoms with Crippen molar-refractivity contribution in [3.63, 3.8) is 0 Å². The van der Waals surface area contributed by atoms with Crippen LogP contribution < -0.4 is 21.9 Å². The highest BCUT2D eigenvalue weighted by molar-refractivity contribution is 6.18. The number of ether oxygens (including phenoxy) is 1. The Morgan fingerprint density at radius 1 is 1.00 bits per heavy atom. The minimum absolute atomic E-state index is 0.0448. The standard InChI is InChI=1S/C23H27N3O7/c24-14-8-12(9-15(25)23(14)31)22(30)21-13-10-16(28)19(32-7-3-6-27)11-18(13)33-17(21)4-1-2-5-20(26)29/h8-11,27-28,31H,1-7,24-25H2,(H2,26,29). The molecule has 10 heteroatoms. The molecule has 9 N–H and O–H groups in total. The Morgan fingerprint density at radius 2 is 1.70 bits per heavy atom. The average molecular weight is 457 g/mol. The first-order valence-electron chi connectivity index (χ1n) is 10.5. The molecule has 0 spiro atoms. The Kier molecular flexibility index (Phi) is 7.29. The Bertz CT molecular complexity index is 1160. The zero-order valence-corrected chi connectivity index (χ0v) is 18.0. The number of benzene rings is 2. The molecule has 10 nitrogen and oxygen atoms in total. The minimum atomic E-state index is -0.453. The number of rotatable bonds is 11. The van der Waals surface area contributed by atoms with Crippen LogP contribution in [0.15, 0.2) is 28.7 Å². The number of furan rings is 1. The monoisotopic (exact) mass is 457 g/mol. The van der Waals surface area contributed by atoms with Crippen LogP contribution in [0.5, 0.6) is 17.2 Å². The molecule has 0 aliphatic carbocycles. The molecule has 0 fully saturated rings. The lowest BCUT2D eigenvalue weighted by atomic mass is 9.97. The number of unbranched alkanes of at least 4 members (excludes halogenated alkanes) is 1. The summed E-state index contributed by atoms with van der Waals surface area (Å²) in [4.78, 5) is 24.5. The van der Waals surface area contributed by atoms with Crippen LogP contribution in [0.1, 0.15) is 47.4 Å². The number of aliphatic hydroxyl groups is 1. The zero-order chi connectivity index (χ0) is 24.1. The molecule has 0 saturated carbocycles. The Labute approximate surface area is 189 Å². The SMILES string of the molecule is NC(=O)CCCCc1oc2cc(OCCCO)c(O)cc2c1C(=O)c1cc(N)c(O)c(N)c1. The van der Waals surface area contributed by atoms with Crippen molar-refractivity contribution in [3.8, 4) is 17.2 Å². The normalized spacial score (nSPS) is 11.1. The third-order valence-corrected chi connectivity index (χ3v) is 5.14. The first-order valence-corrected chi connectivity index (χ1v) is 10.5. The Balaban J connectivity index is 2.05. The summed E-state index contributed by atoms with van der Waals surface area (Å²) in [6, 6.07) is 5.48. The van der Waals surface area contributed by atoms with Gasteiger partial charge in [0.25, 0.3) is 0 Å². The maximum absolute atomic E-state index is 13.4. The van der Waals surface area contributed by atoms with Gasteiger partial charge in [-0.1, -0.05) is 0 Å². The van der Waals surface area contributed by atoms with Crippen molar-refractivity contribution in [2.45, 2.75) is 32.1 Å². The van der Waals surface area contributed by atoms with Crippen LogP contribution in [-0.2, 0) is 11.2 Å². The van der Waals surface area contributed by atoms with E-state index in [4.69, 9.17) is 31.5 Å². The van der Waals surface area contributed by atoms with E-state index in [1.807, 2.05) is 0 Å². The lowest BCUT2D eigenvalue weighted by molar-refractivity contribution is -0.118. The molecule has 3 rings (SSSR count). The summed E-state index contributed by atoms with van der Waals surface area (Å²) in [5, 5.41) is 29.6. The maximum atomic E-state index is 13.4. The van der Waals surface area contributed by atoms with Gasteiger partial charge < -0.3 is 41.7 Å². The predicted molar refractivity (Wildman–Crippen MR) is 122 cm³/mol. The van der Waals surface area contributed by atoms with Gasteiger partial charge in [-0.25, -0.2) is 0 Å². The van der Waals surface area contributed by atoms with E-state index in [2.05, 4.69) is 0 Å². The second kappa shape index (κ2) is 10.1. The van der Waals surface area contributed by atoms with Crippen molar-refractivity contribution in [1.82, 2.24) is 0 Å². The number of amides is 1. The van der Waals surface area contributed by atoms with Crippen LogP contribution >= 0.6 is 0 Å². The maximum Gasteiger partial charge on any atom is 0.217 e. The van der Waals surface area contributed by atoms with Crippen LogP contribution in [0.4, 0.5) is 11.4 Å². The van der Waals surface area contributed by atoms with Gasteiger partial charge in [0.15, 0.2) is 23.0 Å². The van der Waals surface area contributed by atoms with Crippen LogP contribution in [0.3, 0.4) is 0 Å². The zero-order valence-electron chi connectivity index (χ0n) is 18.0. The van der Waals surface area contributed by atoms with E-state index in [9.17, 15) is 19.8 Å². The summed E-state index contributed by atoms with van der Waals surface area (Å²) in [5.74, 6) is -0.859. The number of nitrogen functional groups attached to an aromatic ring is 2. The fourth-order valence-electron chi connectivity index (χ4n) is 3.49. The number of aliphatic hydroxyl groups excluding tert-OH is 1. The second-order valence-electron chi connectivity index (χ2n) is 7.65. The summed E-state index contributed by atoms with van der Waals surface area (Å²) < 4.78 is 11.4. The van der Waals surface area contributed by atoms with Gasteiger partial charge in [-0.05, 0) is 31.0 Å². The van der Waals surface area contributed by atoms with Gasteiger partial charge in [0.05, 0.1) is 23.5 Å². The summed E-state index contributed by atoms with van der Waals surface area (Å²) in [5.41, 5.74) is 17.3. The van der Waals surface area contributed by atoms with Crippen molar-refractivity contribution in [3.05, 3.63) is 41.2 Å². The Morgan fingerprint density at radius 3 is 2.33 bits per heavy atom. The van der Waals surface area contributed by atoms with Gasteiger partial charge in [0, 0.05) is 42.9 Å². The Hall–Kier alpha value is -3.92. The van der Waals surface area contributed by atoms with E-state index in [0.29, 0.717) is 42.4 Å². The molecule has 176 valence electrons. The first kappa shape index (κ1) is 23.7. The number of hydrogen-bond donors (Lipinski definition) is 6. The van der Waals surface area contributed by atoms with Crippen molar-refractivity contribution >= 4 is 34.0 Å². The number of carbonyl (C=O) groups is 2. The number of fused-ring (bicyclic) bond motifs is 1. The molecule has 0 atom stereocenters. The number of nitrogens with two attached hydrogens (primary N) is 3. The van der Waals surface area contributed by atoms with Gasteiger partial charge in [-0.2, -0.15) is 0 Å². The largest absolute Gasteiger partial charge is 0.504 e. The minimum Gasteiger partial charge on any atom is -0.504 e. The number of ketones is 1. The van der Waals surface area contributed by atoms with E-state index in [1.165, 1.54) is 24.3 Å². The van der Waals surface area contributed by atoms with Crippen molar-refractivity contribution < 1.29 is 34.1 Å². The predicted octanol–water partition coefficient (Wildman–Crippen LogP) is 2.20. The first-order chi connectivity index (χ1) is 15.7. The summed E-state index contributed by atoms with van der Waals surface area (Å²) >= 11 is 0. The number of phenols is 2. The van der Waals surface area contributed by atoms with Crippen LogP contribution in [0, 0.1) is 0 Å². The third kappa shape index (κ3) is 5.29. The quantitative estimate of drug-likeness (QED) is 0.108. The highest BCUT2D eigenvalue weighted by atomic mass is 16.5. The smallest absolute Gasteiger partial charge is 0.217 e. The van der Waals surface area contributed by atoms with E-state index in [-0.39, 0.29) is 59.4 Å². The van der Waals surface area contributed by atoms with Gasteiger partial charge in [-0.3, -0.25) is 9.59 Å². The molecule has 33 heavy (non-hydrogen) atoms. The average Bonchev–Trinajstić information content (AvgIpc) is 3.11. The molecule has 0 aliphatic rings. The molecule has 0 radical (unpaired) electrons. The molecular weight excluding hydrogens is 430 g/mol. The molecule has 1 heterocycles. The van der Waals surface area contributed by atoms with Gasteiger partial charge in [0.1, 0.15) is 11.3 Å². The van der Waals surface area contributed by atoms with Crippen LogP contribution in [-0.4, -0.2) is 40.2 Å². The molecular formula is C23H27N3O7. The fraction of sp³-hybridized carbons (Fsp3) is 0.304. The number of anilines is 2. The fourth-order valence-corrected chi connectivity index (χ4v) is 3.49. The highest BCUT2D eigenvalue weighted by Gasteiger charge is 2.25. The molecule has 3 aromatic rings. The highest BCUT2D eigenvalue weighted by Crippen LogP contribution is 2.38. The summed E-state index contributed by atoms with van der Waals surface area (Å²) in [7, 11) is 0. The number of primary amides is 1. The molecule has 2 aromatic carbocycles. The molecule has 1 amide bonds. The van der Waals surface area contributed by atoms with Gasteiger partial charge in [0.2, 0.25) is 5.91 Å². The molecule has 0 bridgehead atoms. The van der Waals surface area contributed by atoms with Gasteiger partial charge >= 0.3 is 0 Å². The second-order valence-corrected chi connectivity index (χ2v) is 7.65. The topological polar surface area (TPSA) is 195 Å². The van der Waals surface area contributed by atoms with Crippen LogP contribution in [0.2, 0.25) is 0 Å². The van der Waals surface area contributed by atoms with Crippen molar-refractivity contribution in [2.75, 3.05) is 24.7 Å². The third-order valence-electron chi connectivity index (χ3n) is 5.14. The molecule has 0 unspecified atom stereocenters. The number of hydrogen-bond acceptors (Lipinski definition) is 9. The number of aromatic hydroxyl groups is 2. The number of phenolic OH excluding ortho intramolecular Hbond substituents is 2. The van der Waals surface area contributed by atoms with E-state index >= 15 is 0 Å². The van der Waals surface area contributed by atoms with E-state index in [0.717, 1.165) is 0 Å². The lowest BCUT2D eigenvalue weighted by Crippen LogP contribution is -2.10. The number of carbonyl (C=O) groups excluding carboxylic acids is 2. The van der Waals surface area contributed by atoms with E-state index < -0.39 is 11.7 Å². The van der Waals surface area contributed by atoms with Crippen molar-refractivity contribution in [2.24, 2.45) is 5.73 Å². The molecule has 0 saturated heterocycles. The molecule has 0 aliphatic heterocycles. The van der Waals surface area contributed by atoms with Gasteiger partial charge in [-0.15, -0.1) is 0 Å². The number of aryl methyl sites for hydroxylation is 1. The van der Waals surface area contributed by atoms with Crippen molar-refractivity contribution in [1.29, 1.82) is 0 Å². The summed E-state index contributed by atoms with van der Waals surface area (Å²) in [6.07, 6.45) is 1.98. The lowest BCUT2D eigenvalue weighted by Gasteiger charge is -2.09. The molecule has 1 aromatic heterocycles. The van der Waals surface area contributed by atoms with Crippen LogP contribution in [0.25, 0.3) is 11.0 Å².